The van der Waals surface area contributed by atoms with Crippen molar-refractivity contribution in [1.82, 2.24) is 19.5 Å². The number of carbonyl (C=O) groups excluding carboxylic acids is 1. The van der Waals surface area contributed by atoms with Crippen LogP contribution in [-0.4, -0.2) is 32.5 Å². The number of nitrogens with zero attached hydrogens (tertiary/aromatic N) is 4. The van der Waals surface area contributed by atoms with Crippen LogP contribution < -0.4 is 10.1 Å². The number of imidazole rings is 1. The molecule has 1 aliphatic rings. The van der Waals surface area contributed by atoms with Gasteiger partial charge in [-0.3, -0.25) is 9.36 Å². The number of ether oxygens (including phenoxy) is 1. The number of aromatic nitrogens is 4. The number of methoxy groups -OCH3 is 1. The number of anilines is 1. The van der Waals surface area contributed by atoms with E-state index in [1.54, 1.807) is 0 Å². The van der Waals surface area contributed by atoms with Gasteiger partial charge in [-0.05, 0) is 30.7 Å². The number of hydrogen-bond acceptors (Lipinski definition) is 5. The third kappa shape index (κ3) is 4.11. The number of nitrogens with one attached hydrogen (secondary N) is 1. The standard InChI is InChI=1S/C20H15F4N5O2/c1-31-13-6-7-15-14(8-13)27-19(20(22,23)24)29(15)17-10-25-16(9-26-17)28-18(30)11-2-4-12(21)5-3-11/h2,4-11H,3H2,1H3,(H,25,28,30). The molecule has 1 unspecified atom stereocenters. The van der Waals surface area contributed by atoms with E-state index in [9.17, 15) is 22.4 Å². The molecule has 160 valence electrons. The number of hydrogen-bond donors (Lipinski definition) is 1. The number of carbonyl (C=O) groups is 1. The third-order valence-corrected chi connectivity index (χ3v) is 4.63. The molecule has 1 amide bonds. The van der Waals surface area contributed by atoms with Crippen LogP contribution >= 0.6 is 0 Å². The second-order valence-corrected chi connectivity index (χ2v) is 6.66. The Morgan fingerprint density at radius 3 is 2.68 bits per heavy atom. The Hall–Kier alpha value is -3.76. The molecule has 0 spiro atoms. The minimum atomic E-state index is -4.74. The molecule has 2 aromatic heterocycles. The second-order valence-electron chi connectivity index (χ2n) is 6.66. The van der Waals surface area contributed by atoms with Crippen LogP contribution in [-0.2, 0) is 11.0 Å². The first-order valence-corrected chi connectivity index (χ1v) is 9.07. The van der Waals surface area contributed by atoms with Crippen molar-refractivity contribution in [2.24, 2.45) is 5.92 Å². The van der Waals surface area contributed by atoms with Gasteiger partial charge in [0.2, 0.25) is 11.7 Å². The molecular weight excluding hydrogens is 418 g/mol. The Bertz CT molecular complexity index is 1200. The summed E-state index contributed by atoms with van der Waals surface area (Å²) < 4.78 is 59.6. The molecule has 0 saturated carbocycles. The lowest BCUT2D eigenvalue weighted by molar-refractivity contribution is -0.145. The van der Waals surface area contributed by atoms with Gasteiger partial charge in [0.15, 0.2) is 11.6 Å². The minimum absolute atomic E-state index is 0.0526. The lowest BCUT2D eigenvalue weighted by atomic mass is 10.00. The maximum Gasteiger partial charge on any atom is 0.450 e. The van der Waals surface area contributed by atoms with Gasteiger partial charge in [-0.25, -0.2) is 19.3 Å². The molecule has 0 saturated heterocycles. The average molecular weight is 433 g/mol. The van der Waals surface area contributed by atoms with Gasteiger partial charge in [0.25, 0.3) is 0 Å². The maximum atomic E-state index is 13.6. The molecule has 0 bridgehead atoms. The van der Waals surface area contributed by atoms with Gasteiger partial charge in [0, 0.05) is 6.07 Å². The van der Waals surface area contributed by atoms with Crippen LogP contribution in [0.3, 0.4) is 0 Å². The first-order chi connectivity index (χ1) is 14.8. The number of amides is 1. The molecule has 4 rings (SSSR count). The highest BCUT2D eigenvalue weighted by Crippen LogP contribution is 2.34. The fourth-order valence-electron chi connectivity index (χ4n) is 3.12. The lowest BCUT2D eigenvalue weighted by Crippen LogP contribution is -2.22. The Morgan fingerprint density at radius 1 is 1.26 bits per heavy atom. The Labute approximate surface area is 173 Å². The topological polar surface area (TPSA) is 81.9 Å². The largest absolute Gasteiger partial charge is 0.497 e. The van der Waals surface area contributed by atoms with Crippen LogP contribution in [0.2, 0.25) is 0 Å². The summed E-state index contributed by atoms with van der Waals surface area (Å²) in [5.74, 6) is -2.30. The highest BCUT2D eigenvalue weighted by atomic mass is 19.4. The highest BCUT2D eigenvalue weighted by Gasteiger charge is 2.38. The SMILES string of the molecule is COc1ccc2c(c1)nc(C(F)(F)F)n2-c1cnc(NC(=O)C2C=CC(F)=CC2)cn1. The van der Waals surface area contributed by atoms with E-state index in [0.29, 0.717) is 5.75 Å². The van der Waals surface area contributed by atoms with Crippen molar-refractivity contribution >= 4 is 22.8 Å². The molecule has 7 nitrogen and oxygen atoms in total. The molecule has 31 heavy (non-hydrogen) atoms. The number of halogens is 4. The molecule has 1 N–H and O–H groups in total. The molecule has 1 aromatic carbocycles. The van der Waals surface area contributed by atoms with E-state index in [1.165, 1.54) is 43.5 Å². The fourth-order valence-corrected chi connectivity index (χ4v) is 3.12. The van der Waals surface area contributed by atoms with Crippen molar-refractivity contribution in [2.45, 2.75) is 12.6 Å². The first kappa shape index (κ1) is 20.5. The van der Waals surface area contributed by atoms with Crippen LogP contribution in [0.1, 0.15) is 12.2 Å². The molecule has 0 radical (unpaired) electrons. The van der Waals surface area contributed by atoms with Crippen molar-refractivity contribution < 1.29 is 27.1 Å². The number of allylic oxidation sites excluding steroid dienone is 3. The van der Waals surface area contributed by atoms with Crippen LogP contribution in [0.25, 0.3) is 16.9 Å². The van der Waals surface area contributed by atoms with Gasteiger partial charge in [-0.1, -0.05) is 6.08 Å². The highest BCUT2D eigenvalue weighted by molar-refractivity contribution is 5.93. The van der Waals surface area contributed by atoms with Gasteiger partial charge < -0.3 is 10.1 Å². The number of alkyl halides is 3. The Balaban J connectivity index is 1.64. The summed E-state index contributed by atoms with van der Waals surface area (Å²) in [6, 6.07) is 4.34. The average Bonchev–Trinajstić information content (AvgIpc) is 3.14. The van der Waals surface area contributed by atoms with E-state index in [4.69, 9.17) is 4.74 Å². The number of rotatable bonds is 4. The third-order valence-electron chi connectivity index (χ3n) is 4.63. The van der Waals surface area contributed by atoms with Crippen molar-refractivity contribution in [3.05, 3.63) is 60.5 Å². The van der Waals surface area contributed by atoms with Crippen molar-refractivity contribution in [1.29, 1.82) is 0 Å². The predicted octanol–water partition coefficient (Wildman–Crippen LogP) is 4.21. The lowest BCUT2D eigenvalue weighted by Gasteiger charge is -2.14. The van der Waals surface area contributed by atoms with Crippen molar-refractivity contribution in [3.8, 4) is 11.6 Å². The summed E-state index contributed by atoms with van der Waals surface area (Å²) in [6.45, 7) is 0. The van der Waals surface area contributed by atoms with E-state index in [-0.39, 0.29) is 29.1 Å². The fraction of sp³-hybridized carbons (Fsp3) is 0.200. The van der Waals surface area contributed by atoms with Gasteiger partial charge in [-0.2, -0.15) is 13.2 Å². The molecule has 1 atom stereocenters. The predicted molar refractivity (Wildman–Crippen MR) is 103 cm³/mol. The number of benzene rings is 1. The maximum absolute atomic E-state index is 13.6. The zero-order valence-electron chi connectivity index (χ0n) is 16.0. The monoisotopic (exact) mass is 433 g/mol. The molecule has 11 heteroatoms. The summed E-state index contributed by atoms with van der Waals surface area (Å²) >= 11 is 0. The van der Waals surface area contributed by atoms with E-state index < -0.39 is 29.7 Å². The first-order valence-electron chi connectivity index (χ1n) is 9.07. The van der Waals surface area contributed by atoms with Crippen LogP contribution in [0.4, 0.5) is 23.4 Å². The zero-order valence-corrected chi connectivity index (χ0v) is 16.0. The van der Waals surface area contributed by atoms with Crippen LogP contribution in [0.15, 0.2) is 54.6 Å². The van der Waals surface area contributed by atoms with E-state index >= 15 is 0 Å². The van der Waals surface area contributed by atoms with Gasteiger partial charge in [0.05, 0.1) is 36.5 Å². The summed E-state index contributed by atoms with van der Waals surface area (Å²) in [5, 5.41) is 2.52. The van der Waals surface area contributed by atoms with Gasteiger partial charge in [-0.15, -0.1) is 0 Å². The number of fused-ring (bicyclic) bond motifs is 1. The van der Waals surface area contributed by atoms with Crippen LogP contribution in [0.5, 0.6) is 5.75 Å². The molecule has 0 aliphatic heterocycles. The molecule has 3 aromatic rings. The Morgan fingerprint density at radius 2 is 2.06 bits per heavy atom. The zero-order chi connectivity index (χ0) is 22.2. The van der Waals surface area contributed by atoms with Gasteiger partial charge in [0.1, 0.15) is 11.6 Å². The molecule has 0 fully saturated rings. The van der Waals surface area contributed by atoms with E-state index in [2.05, 4.69) is 20.3 Å². The van der Waals surface area contributed by atoms with Crippen molar-refractivity contribution in [3.63, 3.8) is 0 Å². The summed E-state index contributed by atoms with van der Waals surface area (Å²) in [7, 11) is 1.40. The van der Waals surface area contributed by atoms with Crippen LogP contribution in [0, 0.1) is 5.92 Å². The van der Waals surface area contributed by atoms with E-state index in [0.717, 1.165) is 17.0 Å². The normalized spacial score (nSPS) is 16.3. The Kier molecular flexibility index (Phi) is 5.17. The van der Waals surface area contributed by atoms with Crippen molar-refractivity contribution in [2.75, 3.05) is 12.4 Å². The molecular formula is C20H15F4N5O2. The second kappa shape index (κ2) is 7.82. The minimum Gasteiger partial charge on any atom is -0.497 e. The van der Waals surface area contributed by atoms with E-state index in [1.807, 2.05) is 0 Å². The quantitative estimate of drug-likeness (QED) is 0.624. The summed E-state index contributed by atoms with van der Waals surface area (Å²) in [6.07, 6.45) is 1.61. The van der Waals surface area contributed by atoms with Gasteiger partial charge >= 0.3 is 6.18 Å². The molecule has 2 heterocycles. The summed E-state index contributed by atoms with van der Waals surface area (Å²) in [5.41, 5.74) is 0.246. The molecule has 1 aliphatic carbocycles. The smallest absolute Gasteiger partial charge is 0.450 e. The summed E-state index contributed by atoms with van der Waals surface area (Å²) in [4.78, 5) is 24.0.